The van der Waals surface area contributed by atoms with Crippen molar-refractivity contribution in [2.45, 2.75) is 19.4 Å². The highest BCUT2D eigenvalue weighted by atomic mass is 35.5. The monoisotopic (exact) mass is 460 g/mol. The van der Waals surface area contributed by atoms with Crippen molar-refractivity contribution >= 4 is 50.5 Å². The molecule has 0 bridgehead atoms. The number of sulfonamides is 1. The van der Waals surface area contributed by atoms with Gasteiger partial charge in [0.05, 0.1) is 36.9 Å². The molecule has 1 amide bonds. The molecule has 0 saturated carbocycles. The van der Waals surface area contributed by atoms with Crippen LogP contribution in [-0.4, -0.2) is 40.8 Å². The lowest BCUT2D eigenvalue weighted by molar-refractivity contribution is -0.117. The number of hydrogen-bond donors (Lipinski definition) is 1. The van der Waals surface area contributed by atoms with Crippen molar-refractivity contribution in [1.82, 2.24) is 0 Å². The summed E-state index contributed by atoms with van der Waals surface area (Å²) in [6.45, 7) is 1.72. The van der Waals surface area contributed by atoms with Crippen LogP contribution in [0.2, 0.25) is 10.0 Å². The summed E-state index contributed by atoms with van der Waals surface area (Å²) in [6, 6.07) is 8.23. The number of methoxy groups -OCH3 is 2. The van der Waals surface area contributed by atoms with Crippen LogP contribution >= 0.6 is 23.2 Å². The van der Waals surface area contributed by atoms with Crippen LogP contribution in [0.4, 0.5) is 11.4 Å². The third-order valence-corrected chi connectivity index (χ3v) is 5.87. The molecule has 0 radical (unpaired) electrons. The first kappa shape index (κ1) is 23.1. The molecule has 1 unspecified atom stereocenters. The quantitative estimate of drug-likeness (QED) is 0.637. The number of benzene rings is 2. The second-order valence-electron chi connectivity index (χ2n) is 6.14. The zero-order chi connectivity index (χ0) is 21.8. The minimum absolute atomic E-state index is 0.231. The number of amides is 1. The van der Waals surface area contributed by atoms with E-state index in [4.69, 9.17) is 32.7 Å². The van der Waals surface area contributed by atoms with Crippen LogP contribution < -0.4 is 19.1 Å². The molecule has 158 valence electrons. The molecule has 0 spiro atoms. The highest BCUT2D eigenvalue weighted by molar-refractivity contribution is 7.92. The molecule has 2 rings (SSSR count). The van der Waals surface area contributed by atoms with Gasteiger partial charge < -0.3 is 14.8 Å². The molecule has 7 nitrogen and oxygen atoms in total. The Bertz CT molecular complexity index is 981. The van der Waals surface area contributed by atoms with Crippen molar-refractivity contribution in [3.8, 4) is 11.5 Å². The predicted octanol–water partition coefficient (Wildman–Crippen LogP) is 4.19. The number of carbonyl (C=O) groups excluding carboxylic acids is 1. The van der Waals surface area contributed by atoms with Crippen LogP contribution in [0.1, 0.15) is 13.3 Å². The van der Waals surface area contributed by atoms with E-state index in [1.807, 2.05) is 0 Å². The maximum atomic E-state index is 13.1. The molecule has 0 fully saturated rings. The Balaban J connectivity index is 2.44. The van der Waals surface area contributed by atoms with E-state index in [2.05, 4.69) is 5.32 Å². The van der Waals surface area contributed by atoms with Gasteiger partial charge in [-0.15, -0.1) is 0 Å². The predicted molar refractivity (Wildman–Crippen MR) is 116 cm³/mol. The Morgan fingerprint density at radius 2 is 1.69 bits per heavy atom. The summed E-state index contributed by atoms with van der Waals surface area (Å²) >= 11 is 12.0. The molecule has 0 aliphatic carbocycles. The molecule has 1 atom stereocenters. The molecule has 0 aliphatic heterocycles. The lowest BCUT2D eigenvalue weighted by Crippen LogP contribution is -2.47. The minimum atomic E-state index is -3.76. The molecule has 2 aromatic carbocycles. The van der Waals surface area contributed by atoms with Gasteiger partial charge in [0.1, 0.15) is 17.5 Å². The van der Waals surface area contributed by atoms with Crippen LogP contribution in [0.5, 0.6) is 11.5 Å². The van der Waals surface area contributed by atoms with Gasteiger partial charge in [-0.25, -0.2) is 8.42 Å². The highest BCUT2D eigenvalue weighted by Crippen LogP contribution is 2.36. The number of anilines is 2. The zero-order valence-corrected chi connectivity index (χ0v) is 18.7. The van der Waals surface area contributed by atoms with Crippen LogP contribution in [0.25, 0.3) is 0 Å². The van der Waals surface area contributed by atoms with E-state index < -0.39 is 22.0 Å². The summed E-state index contributed by atoms with van der Waals surface area (Å²) < 4.78 is 36.5. The summed E-state index contributed by atoms with van der Waals surface area (Å²) in [5.74, 6) is 0.125. The van der Waals surface area contributed by atoms with Crippen molar-refractivity contribution in [2.75, 3.05) is 30.1 Å². The number of carbonyl (C=O) groups is 1. The number of hydrogen-bond acceptors (Lipinski definition) is 5. The Morgan fingerprint density at radius 1 is 1.10 bits per heavy atom. The summed E-state index contributed by atoms with van der Waals surface area (Å²) in [5.41, 5.74) is 0.640. The summed E-state index contributed by atoms with van der Waals surface area (Å²) in [6.07, 6.45) is 1.28. The lowest BCUT2D eigenvalue weighted by atomic mass is 10.1. The van der Waals surface area contributed by atoms with Gasteiger partial charge in [-0.05, 0) is 30.7 Å². The van der Waals surface area contributed by atoms with Crippen molar-refractivity contribution in [3.63, 3.8) is 0 Å². The number of rotatable bonds is 8. The first-order valence-electron chi connectivity index (χ1n) is 8.59. The van der Waals surface area contributed by atoms with Gasteiger partial charge in [0.15, 0.2) is 0 Å². The number of nitrogens with one attached hydrogen (secondary N) is 1. The smallest absolute Gasteiger partial charge is 0.248 e. The molecule has 0 heterocycles. The second kappa shape index (κ2) is 9.56. The maximum Gasteiger partial charge on any atom is 0.248 e. The third-order valence-electron chi connectivity index (χ3n) is 4.14. The minimum Gasteiger partial charge on any atom is -0.495 e. The fraction of sp³-hybridized carbons (Fsp3) is 0.316. The van der Waals surface area contributed by atoms with Crippen molar-refractivity contribution in [2.24, 2.45) is 0 Å². The normalized spacial score (nSPS) is 12.2. The Kier molecular flexibility index (Phi) is 7.62. The van der Waals surface area contributed by atoms with Gasteiger partial charge in [0.2, 0.25) is 15.9 Å². The second-order valence-corrected chi connectivity index (χ2v) is 8.84. The molecular formula is C19H22Cl2N2O5S. The molecule has 1 N–H and O–H groups in total. The lowest BCUT2D eigenvalue weighted by Gasteiger charge is -2.30. The van der Waals surface area contributed by atoms with Crippen molar-refractivity contribution in [3.05, 3.63) is 46.4 Å². The topological polar surface area (TPSA) is 84.9 Å². The molecule has 29 heavy (non-hydrogen) atoms. The summed E-state index contributed by atoms with van der Waals surface area (Å²) in [7, 11) is -0.886. The number of ether oxygens (including phenoxy) is 2. The van der Waals surface area contributed by atoms with Crippen molar-refractivity contribution in [1.29, 1.82) is 0 Å². The Hall–Kier alpha value is -2.16. The number of nitrogens with zero attached hydrogens (tertiary/aromatic N) is 1. The standard InChI is InChI=1S/C19H22Cl2N2O5S/c1-5-16(23(29(4,25)26)13-8-6-12(20)7-9-13)19(24)22-15-11-17(27-2)14(21)10-18(15)28-3/h6-11,16H,5H2,1-4H3,(H,22,24). The molecule has 0 saturated heterocycles. The van der Waals surface area contributed by atoms with Gasteiger partial charge in [-0.3, -0.25) is 9.10 Å². The fourth-order valence-electron chi connectivity index (χ4n) is 2.82. The average molecular weight is 461 g/mol. The van der Waals surface area contributed by atoms with Crippen LogP contribution in [0.3, 0.4) is 0 Å². The number of halogens is 2. The van der Waals surface area contributed by atoms with E-state index in [0.717, 1.165) is 10.6 Å². The fourth-order valence-corrected chi connectivity index (χ4v) is 4.39. The van der Waals surface area contributed by atoms with Gasteiger partial charge in [0, 0.05) is 17.2 Å². The van der Waals surface area contributed by atoms with E-state index in [-0.39, 0.29) is 6.42 Å². The third kappa shape index (κ3) is 5.46. The first-order chi connectivity index (χ1) is 13.6. The summed E-state index contributed by atoms with van der Waals surface area (Å²) in [4.78, 5) is 13.1. The molecule has 10 heteroatoms. The Labute approximate surface area is 180 Å². The van der Waals surface area contributed by atoms with E-state index >= 15 is 0 Å². The van der Waals surface area contributed by atoms with E-state index in [9.17, 15) is 13.2 Å². The van der Waals surface area contributed by atoms with Crippen LogP contribution in [0, 0.1) is 0 Å². The highest BCUT2D eigenvalue weighted by Gasteiger charge is 2.32. The van der Waals surface area contributed by atoms with Crippen molar-refractivity contribution < 1.29 is 22.7 Å². The maximum absolute atomic E-state index is 13.1. The first-order valence-corrected chi connectivity index (χ1v) is 11.2. The average Bonchev–Trinajstić information content (AvgIpc) is 2.66. The molecule has 2 aromatic rings. The summed E-state index contributed by atoms with van der Waals surface area (Å²) in [5, 5.41) is 3.48. The Morgan fingerprint density at radius 3 is 2.17 bits per heavy atom. The largest absolute Gasteiger partial charge is 0.495 e. The van der Waals surface area contributed by atoms with Gasteiger partial charge in [0.25, 0.3) is 0 Å². The van der Waals surface area contributed by atoms with Crippen LogP contribution in [0.15, 0.2) is 36.4 Å². The molecular weight excluding hydrogens is 439 g/mol. The van der Waals surface area contributed by atoms with Gasteiger partial charge >= 0.3 is 0 Å². The molecule has 0 aromatic heterocycles. The van der Waals surface area contributed by atoms with Gasteiger partial charge in [-0.2, -0.15) is 0 Å². The van der Waals surface area contributed by atoms with E-state index in [1.165, 1.54) is 26.4 Å². The van der Waals surface area contributed by atoms with E-state index in [0.29, 0.717) is 32.9 Å². The van der Waals surface area contributed by atoms with E-state index in [1.54, 1.807) is 31.2 Å². The molecule has 0 aliphatic rings. The van der Waals surface area contributed by atoms with Gasteiger partial charge in [-0.1, -0.05) is 30.1 Å². The van der Waals surface area contributed by atoms with Crippen LogP contribution in [-0.2, 0) is 14.8 Å². The zero-order valence-electron chi connectivity index (χ0n) is 16.4. The SMILES string of the molecule is CCC(C(=O)Nc1cc(OC)c(Cl)cc1OC)N(c1ccc(Cl)cc1)S(C)(=O)=O.